The normalized spacial score (nSPS) is 15.2. The van der Waals surface area contributed by atoms with Crippen LogP contribution in [0.5, 0.6) is 0 Å². The van der Waals surface area contributed by atoms with Crippen molar-refractivity contribution in [3.63, 3.8) is 0 Å². The van der Waals surface area contributed by atoms with E-state index in [1.807, 2.05) is 36.4 Å². The molecule has 0 unspecified atom stereocenters. The molecular weight excluding hydrogens is 310 g/mol. The lowest BCUT2D eigenvalue weighted by Crippen LogP contribution is -2.25. The van der Waals surface area contributed by atoms with E-state index in [-0.39, 0.29) is 11.8 Å². The average molecular weight is 330 g/mol. The van der Waals surface area contributed by atoms with E-state index in [9.17, 15) is 4.79 Å². The summed E-state index contributed by atoms with van der Waals surface area (Å²) in [5.41, 5.74) is 1.80. The SMILES string of the molecule is O=C(Nc1ccc(Nc2ccc(Cl)cc2)cn1)C1CCCCC1. The van der Waals surface area contributed by atoms with Gasteiger partial charge < -0.3 is 10.6 Å². The number of anilines is 3. The van der Waals surface area contributed by atoms with Crippen molar-refractivity contribution in [3.8, 4) is 0 Å². The Kier molecular flexibility index (Phi) is 5.13. The van der Waals surface area contributed by atoms with Crippen LogP contribution in [0.15, 0.2) is 42.6 Å². The Bertz CT molecular complexity index is 649. The van der Waals surface area contributed by atoms with Crippen molar-refractivity contribution in [3.05, 3.63) is 47.6 Å². The molecule has 1 saturated carbocycles. The molecule has 1 aliphatic rings. The highest BCUT2D eigenvalue weighted by Gasteiger charge is 2.21. The molecule has 3 rings (SSSR count). The topological polar surface area (TPSA) is 54.0 Å². The number of carbonyl (C=O) groups is 1. The molecule has 2 aromatic rings. The molecule has 23 heavy (non-hydrogen) atoms. The number of nitrogens with one attached hydrogen (secondary N) is 2. The molecule has 5 heteroatoms. The Balaban J connectivity index is 1.58. The predicted octanol–water partition coefficient (Wildman–Crippen LogP) is 5.00. The van der Waals surface area contributed by atoms with Crippen LogP contribution in [-0.4, -0.2) is 10.9 Å². The number of nitrogens with zero attached hydrogens (tertiary/aromatic N) is 1. The summed E-state index contributed by atoms with van der Waals surface area (Å²) in [4.78, 5) is 16.5. The summed E-state index contributed by atoms with van der Waals surface area (Å²) in [6.45, 7) is 0. The third-order valence-electron chi connectivity index (χ3n) is 4.12. The van der Waals surface area contributed by atoms with Crippen LogP contribution in [0.3, 0.4) is 0 Å². The highest BCUT2D eigenvalue weighted by Crippen LogP contribution is 2.25. The van der Waals surface area contributed by atoms with E-state index < -0.39 is 0 Å². The first-order valence-electron chi connectivity index (χ1n) is 8.00. The van der Waals surface area contributed by atoms with Crippen molar-refractivity contribution >= 4 is 34.7 Å². The van der Waals surface area contributed by atoms with Gasteiger partial charge in [0.2, 0.25) is 5.91 Å². The van der Waals surface area contributed by atoms with Crippen molar-refractivity contribution in [2.24, 2.45) is 5.92 Å². The summed E-state index contributed by atoms with van der Waals surface area (Å²) < 4.78 is 0. The first-order valence-corrected chi connectivity index (χ1v) is 8.38. The van der Waals surface area contributed by atoms with Gasteiger partial charge in [-0.1, -0.05) is 30.9 Å². The molecule has 1 fully saturated rings. The van der Waals surface area contributed by atoms with Crippen LogP contribution < -0.4 is 10.6 Å². The smallest absolute Gasteiger partial charge is 0.228 e. The minimum Gasteiger partial charge on any atom is -0.354 e. The van der Waals surface area contributed by atoms with Gasteiger partial charge in [0.1, 0.15) is 5.82 Å². The molecule has 0 atom stereocenters. The van der Waals surface area contributed by atoms with Crippen LogP contribution in [0.25, 0.3) is 0 Å². The zero-order valence-corrected chi connectivity index (χ0v) is 13.6. The summed E-state index contributed by atoms with van der Waals surface area (Å²) >= 11 is 5.87. The van der Waals surface area contributed by atoms with Gasteiger partial charge in [0.05, 0.1) is 11.9 Å². The molecule has 120 valence electrons. The Hall–Kier alpha value is -2.07. The zero-order valence-electron chi connectivity index (χ0n) is 12.9. The maximum absolute atomic E-state index is 12.2. The number of hydrogen-bond acceptors (Lipinski definition) is 3. The third-order valence-corrected chi connectivity index (χ3v) is 4.38. The monoisotopic (exact) mass is 329 g/mol. The van der Waals surface area contributed by atoms with Crippen molar-refractivity contribution in [1.29, 1.82) is 0 Å². The summed E-state index contributed by atoms with van der Waals surface area (Å²) in [5.74, 6) is 0.829. The highest BCUT2D eigenvalue weighted by atomic mass is 35.5. The van der Waals surface area contributed by atoms with Gasteiger partial charge in [-0.25, -0.2) is 4.98 Å². The molecule has 2 N–H and O–H groups in total. The second kappa shape index (κ2) is 7.47. The molecule has 1 amide bonds. The molecule has 0 radical (unpaired) electrons. The van der Waals surface area contributed by atoms with Crippen LogP contribution >= 0.6 is 11.6 Å². The largest absolute Gasteiger partial charge is 0.354 e. The van der Waals surface area contributed by atoms with Crippen LogP contribution in [0.2, 0.25) is 5.02 Å². The Labute approximate surface area is 141 Å². The van der Waals surface area contributed by atoms with E-state index in [0.29, 0.717) is 10.8 Å². The predicted molar refractivity (Wildman–Crippen MR) is 94.2 cm³/mol. The van der Waals surface area contributed by atoms with Crippen LogP contribution in [-0.2, 0) is 4.79 Å². The first-order chi connectivity index (χ1) is 11.2. The van der Waals surface area contributed by atoms with E-state index in [1.54, 1.807) is 6.20 Å². The lowest BCUT2D eigenvalue weighted by atomic mass is 9.89. The number of pyridine rings is 1. The Morgan fingerprint density at radius 3 is 2.35 bits per heavy atom. The van der Waals surface area contributed by atoms with Gasteiger partial charge in [0.15, 0.2) is 0 Å². The fraction of sp³-hybridized carbons (Fsp3) is 0.333. The number of rotatable bonds is 4. The van der Waals surface area contributed by atoms with Gasteiger partial charge in [0, 0.05) is 16.6 Å². The number of hydrogen-bond donors (Lipinski definition) is 2. The molecule has 4 nitrogen and oxygen atoms in total. The van der Waals surface area contributed by atoms with Crippen LogP contribution in [0.4, 0.5) is 17.2 Å². The molecule has 1 aromatic heterocycles. The highest BCUT2D eigenvalue weighted by molar-refractivity contribution is 6.30. The van der Waals surface area contributed by atoms with Gasteiger partial charge >= 0.3 is 0 Å². The molecule has 0 bridgehead atoms. The van der Waals surface area contributed by atoms with E-state index >= 15 is 0 Å². The molecule has 0 spiro atoms. The van der Waals surface area contributed by atoms with Gasteiger partial charge in [-0.2, -0.15) is 0 Å². The fourth-order valence-electron chi connectivity index (χ4n) is 2.83. The van der Waals surface area contributed by atoms with Crippen molar-refractivity contribution < 1.29 is 4.79 Å². The molecular formula is C18H20ClN3O. The lowest BCUT2D eigenvalue weighted by Gasteiger charge is -2.20. The standard InChI is InChI=1S/C18H20ClN3O/c19-14-6-8-15(9-7-14)21-16-10-11-17(20-12-16)22-18(23)13-4-2-1-3-5-13/h6-13,21H,1-5H2,(H,20,22,23). The van der Waals surface area contributed by atoms with Crippen molar-refractivity contribution in [1.82, 2.24) is 4.98 Å². The van der Waals surface area contributed by atoms with Crippen molar-refractivity contribution in [2.75, 3.05) is 10.6 Å². The molecule has 0 saturated heterocycles. The summed E-state index contributed by atoms with van der Waals surface area (Å²) in [7, 11) is 0. The van der Waals surface area contributed by atoms with Gasteiger partial charge in [-0.3, -0.25) is 4.79 Å². The molecule has 1 heterocycles. The Morgan fingerprint density at radius 2 is 1.70 bits per heavy atom. The number of aromatic nitrogens is 1. The second-order valence-corrected chi connectivity index (χ2v) is 6.32. The van der Waals surface area contributed by atoms with E-state index in [4.69, 9.17) is 11.6 Å². The number of halogens is 1. The van der Waals surface area contributed by atoms with Crippen molar-refractivity contribution in [2.45, 2.75) is 32.1 Å². The number of carbonyl (C=O) groups excluding carboxylic acids is 1. The zero-order chi connectivity index (χ0) is 16.1. The van der Waals surface area contributed by atoms with Crippen LogP contribution in [0, 0.1) is 5.92 Å². The third kappa shape index (κ3) is 4.45. The summed E-state index contributed by atoms with van der Waals surface area (Å²) in [6.07, 6.45) is 7.23. The lowest BCUT2D eigenvalue weighted by molar-refractivity contribution is -0.120. The quantitative estimate of drug-likeness (QED) is 0.830. The Morgan fingerprint density at radius 1 is 1.00 bits per heavy atom. The minimum atomic E-state index is 0.0932. The number of benzene rings is 1. The fourth-order valence-corrected chi connectivity index (χ4v) is 2.96. The molecule has 1 aliphatic carbocycles. The first kappa shape index (κ1) is 15.8. The van der Waals surface area contributed by atoms with Crippen LogP contribution in [0.1, 0.15) is 32.1 Å². The van der Waals surface area contributed by atoms with E-state index in [0.717, 1.165) is 37.1 Å². The summed E-state index contributed by atoms with van der Waals surface area (Å²) in [5, 5.41) is 6.86. The van der Waals surface area contributed by atoms with Gasteiger partial charge in [-0.15, -0.1) is 0 Å². The van der Waals surface area contributed by atoms with Gasteiger partial charge in [-0.05, 0) is 49.2 Å². The van der Waals surface area contributed by atoms with E-state index in [1.165, 1.54) is 6.42 Å². The molecule has 0 aliphatic heterocycles. The minimum absolute atomic E-state index is 0.0932. The maximum atomic E-state index is 12.2. The van der Waals surface area contributed by atoms with E-state index in [2.05, 4.69) is 15.6 Å². The average Bonchev–Trinajstić information content (AvgIpc) is 2.59. The summed E-state index contributed by atoms with van der Waals surface area (Å²) in [6, 6.07) is 11.2. The number of amides is 1. The maximum Gasteiger partial charge on any atom is 0.228 e. The molecule has 1 aromatic carbocycles. The van der Waals surface area contributed by atoms with Gasteiger partial charge in [0.25, 0.3) is 0 Å². The second-order valence-electron chi connectivity index (χ2n) is 5.89.